The smallest absolute Gasteiger partial charge is 0.416 e. The molecule has 5 nitrogen and oxygen atoms in total. The summed E-state index contributed by atoms with van der Waals surface area (Å²) in [6.45, 7) is 0.0376. The molecule has 1 aromatic carbocycles. The first kappa shape index (κ1) is 19.8. The number of halogens is 3. The first-order valence-electron chi connectivity index (χ1n) is 9.28. The van der Waals surface area contributed by atoms with Crippen molar-refractivity contribution in [1.82, 2.24) is 15.0 Å². The van der Waals surface area contributed by atoms with E-state index in [4.69, 9.17) is 4.74 Å². The lowest BCUT2D eigenvalue weighted by Gasteiger charge is -2.13. The van der Waals surface area contributed by atoms with E-state index in [0.29, 0.717) is 18.0 Å². The number of nitrogens with zero attached hydrogens (tertiary/aromatic N) is 2. The molecule has 0 fully saturated rings. The van der Waals surface area contributed by atoms with E-state index in [1.54, 1.807) is 31.6 Å². The van der Waals surface area contributed by atoms with Gasteiger partial charge in [-0.1, -0.05) is 24.3 Å². The van der Waals surface area contributed by atoms with Crippen LogP contribution in [0.4, 0.5) is 19.0 Å². The van der Waals surface area contributed by atoms with Gasteiger partial charge in [-0.15, -0.1) is 0 Å². The van der Waals surface area contributed by atoms with Crippen LogP contribution in [0.2, 0.25) is 0 Å². The van der Waals surface area contributed by atoms with Gasteiger partial charge in [-0.25, -0.2) is 9.97 Å². The maximum Gasteiger partial charge on any atom is 0.416 e. The average Bonchev–Trinajstić information content (AvgIpc) is 3.14. The van der Waals surface area contributed by atoms with E-state index < -0.39 is 11.7 Å². The fraction of sp³-hybridized carbons (Fsp3) is 0.182. The molecule has 2 N–H and O–H groups in total. The highest BCUT2D eigenvalue weighted by molar-refractivity contribution is 5.81. The van der Waals surface area contributed by atoms with Crippen LogP contribution >= 0.6 is 0 Å². The summed E-state index contributed by atoms with van der Waals surface area (Å²) in [5, 5.41) is 3.93. The van der Waals surface area contributed by atoms with Gasteiger partial charge >= 0.3 is 6.18 Å². The van der Waals surface area contributed by atoms with Gasteiger partial charge in [0.15, 0.2) is 0 Å². The van der Waals surface area contributed by atoms with E-state index in [-0.39, 0.29) is 12.1 Å². The number of pyridine rings is 2. The quantitative estimate of drug-likeness (QED) is 0.458. The Kier molecular flexibility index (Phi) is 5.31. The second kappa shape index (κ2) is 8.06. The Morgan fingerprint density at radius 2 is 1.87 bits per heavy atom. The van der Waals surface area contributed by atoms with Crippen LogP contribution in [0.1, 0.15) is 22.3 Å². The zero-order valence-electron chi connectivity index (χ0n) is 16.1. The van der Waals surface area contributed by atoms with Gasteiger partial charge in [0, 0.05) is 30.7 Å². The first-order valence-corrected chi connectivity index (χ1v) is 9.28. The minimum atomic E-state index is -4.38. The van der Waals surface area contributed by atoms with Gasteiger partial charge in [0.25, 0.3) is 0 Å². The molecule has 8 heteroatoms. The molecule has 3 heterocycles. The van der Waals surface area contributed by atoms with Gasteiger partial charge in [0.05, 0.1) is 18.9 Å². The van der Waals surface area contributed by atoms with E-state index in [2.05, 4.69) is 20.3 Å². The summed E-state index contributed by atoms with van der Waals surface area (Å²) in [6, 6.07) is 11.1. The standard InChI is InChI=1S/C22H19F3N4O/c1-30-17-9-18-16(12-28-21(18)29-13-17)8-14-6-7-20(26-10-14)27-11-15-4-2-3-5-19(15)22(23,24)25/h2-7,9-10,12-13H,8,11H2,1H3,(H,26,27)(H,28,29). The van der Waals surface area contributed by atoms with Crippen molar-refractivity contribution in [1.29, 1.82) is 0 Å². The lowest BCUT2D eigenvalue weighted by atomic mass is 10.1. The summed E-state index contributed by atoms with van der Waals surface area (Å²) in [4.78, 5) is 11.8. The monoisotopic (exact) mass is 412 g/mol. The predicted octanol–water partition coefficient (Wildman–Crippen LogP) is 5.19. The lowest BCUT2D eigenvalue weighted by Crippen LogP contribution is -2.12. The molecule has 4 aromatic rings. The molecule has 0 amide bonds. The molecule has 0 saturated heterocycles. The van der Waals surface area contributed by atoms with Gasteiger partial charge in [0.2, 0.25) is 0 Å². The van der Waals surface area contributed by atoms with Crippen molar-refractivity contribution in [3.8, 4) is 5.75 Å². The molecule has 154 valence electrons. The highest BCUT2D eigenvalue weighted by Crippen LogP contribution is 2.32. The Balaban J connectivity index is 1.46. The van der Waals surface area contributed by atoms with Crippen LogP contribution in [0.15, 0.2) is 61.1 Å². The summed E-state index contributed by atoms with van der Waals surface area (Å²) in [6.07, 6.45) is 1.52. The summed E-state index contributed by atoms with van der Waals surface area (Å²) in [7, 11) is 1.60. The molecular formula is C22H19F3N4O. The Morgan fingerprint density at radius 3 is 2.60 bits per heavy atom. The largest absolute Gasteiger partial charge is 0.495 e. The maximum absolute atomic E-state index is 13.1. The third kappa shape index (κ3) is 4.22. The molecule has 0 aliphatic rings. The van der Waals surface area contributed by atoms with E-state index >= 15 is 0 Å². The van der Waals surface area contributed by atoms with Crippen molar-refractivity contribution in [3.63, 3.8) is 0 Å². The number of ether oxygens (including phenoxy) is 1. The number of hydrogen-bond donors (Lipinski definition) is 2. The van der Waals surface area contributed by atoms with E-state index in [1.165, 1.54) is 12.1 Å². The van der Waals surface area contributed by atoms with E-state index in [1.807, 2.05) is 18.3 Å². The van der Waals surface area contributed by atoms with Crippen LogP contribution < -0.4 is 10.1 Å². The number of methoxy groups -OCH3 is 1. The third-order valence-electron chi connectivity index (χ3n) is 4.83. The number of alkyl halides is 3. The van der Waals surface area contributed by atoms with Gasteiger partial charge in [-0.3, -0.25) is 0 Å². The first-order chi connectivity index (χ1) is 14.4. The lowest BCUT2D eigenvalue weighted by molar-refractivity contribution is -0.138. The number of aromatic nitrogens is 3. The number of fused-ring (bicyclic) bond motifs is 1. The minimum absolute atomic E-state index is 0.0376. The zero-order chi connectivity index (χ0) is 21.1. The molecule has 30 heavy (non-hydrogen) atoms. The summed E-state index contributed by atoms with van der Waals surface area (Å²) < 4.78 is 44.6. The van der Waals surface area contributed by atoms with Crippen molar-refractivity contribution >= 4 is 16.9 Å². The number of hydrogen-bond acceptors (Lipinski definition) is 4. The van der Waals surface area contributed by atoms with Gasteiger partial charge < -0.3 is 15.0 Å². The molecule has 0 unspecified atom stereocenters. The van der Waals surface area contributed by atoms with Crippen molar-refractivity contribution < 1.29 is 17.9 Å². The second-order valence-electron chi connectivity index (χ2n) is 6.82. The summed E-state index contributed by atoms with van der Waals surface area (Å²) in [5.74, 6) is 1.19. The molecule has 0 atom stereocenters. The van der Waals surface area contributed by atoms with Crippen LogP contribution in [0.5, 0.6) is 5.75 Å². The molecule has 3 aromatic heterocycles. The average molecular weight is 412 g/mol. The SMILES string of the molecule is COc1cnc2[nH]cc(Cc3ccc(NCc4ccccc4C(F)(F)F)nc3)c2c1. The molecule has 0 aliphatic heterocycles. The predicted molar refractivity (Wildman–Crippen MR) is 108 cm³/mol. The third-order valence-corrected chi connectivity index (χ3v) is 4.83. The normalized spacial score (nSPS) is 11.6. The number of benzene rings is 1. The molecule has 0 bridgehead atoms. The number of H-pyrrole nitrogens is 1. The van der Waals surface area contributed by atoms with Gasteiger partial charge in [0.1, 0.15) is 17.2 Å². The highest BCUT2D eigenvalue weighted by atomic mass is 19.4. The molecule has 0 saturated carbocycles. The number of nitrogens with one attached hydrogen (secondary N) is 2. The van der Waals surface area contributed by atoms with Gasteiger partial charge in [-0.2, -0.15) is 13.2 Å². The zero-order valence-corrected chi connectivity index (χ0v) is 16.1. The van der Waals surface area contributed by atoms with Crippen molar-refractivity contribution in [3.05, 3.63) is 83.3 Å². The van der Waals surface area contributed by atoms with Crippen molar-refractivity contribution in [2.75, 3.05) is 12.4 Å². The Hall–Kier alpha value is -3.55. The summed E-state index contributed by atoms with van der Waals surface area (Å²) in [5.41, 5.74) is 2.34. The number of rotatable bonds is 6. The Morgan fingerprint density at radius 1 is 1.03 bits per heavy atom. The Bertz CT molecular complexity index is 1150. The van der Waals surface area contributed by atoms with Crippen LogP contribution in [0.25, 0.3) is 11.0 Å². The van der Waals surface area contributed by atoms with Crippen LogP contribution in [0.3, 0.4) is 0 Å². The maximum atomic E-state index is 13.1. The van der Waals surface area contributed by atoms with Gasteiger partial charge in [-0.05, 0) is 34.9 Å². The fourth-order valence-electron chi connectivity index (χ4n) is 3.29. The topological polar surface area (TPSA) is 62.8 Å². The molecular weight excluding hydrogens is 393 g/mol. The van der Waals surface area contributed by atoms with E-state index in [9.17, 15) is 13.2 Å². The molecule has 4 rings (SSSR count). The number of anilines is 1. The van der Waals surface area contributed by atoms with Crippen molar-refractivity contribution in [2.45, 2.75) is 19.1 Å². The summed E-state index contributed by atoms with van der Waals surface area (Å²) >= 11 is 0. The molecule has 0 spiro atoms. The van der Waals surface area contributed by atoms with Crippen LogP contribution in [0, 0.1) is 0 Å². The number of aromatic amines is 1. The van der Waals surface area contributed by atoms with Crippen molar-refractivity contribution in [2.24, 2.45) is 0 Å². The van der Waals surface area contributed by atoms with E-state index in [0.717, 1.165) is 28.2 Å². The second-order valence-corrected chi connectivity index (χ2v) is 6.82. The Labute approximate surface area is 170 Å². The molecule has 0 radical (unpaired) electrons. The highest BCUT2D eigenvalue weighted by Gasteiger charge is 2.32. The minimum Gasteiger partial charge on any atom is -0.495 e. The molecule has 0 aliphatic carbocycles. The van der Waals surface area contributed by atoms with Crippen LogP contribution in [-0.2, 0) is 19.1 Å². The fourth-order valence-corrected chi connectivity index (χ4v) is 3.29. The van der Waals surface area contributed by atoms with Crippen LogP contribution in [-0.4, -0.2) is 22.1 Å².